The van der Waals surface area contributed by atoms with Gasteiger partial charge in [0.1, 0.15) is 48.8 Å². The van der Waals surface area contributed by atoms with Gasteiger partial charge in [-0.05, 0) is 19.3 Å². The first kappa shape index (κ1) is 80.8. The Bertz CT molecular complexity index is 1490. The Morgan fingerprint density at radius 3 is 1.07 bits per heavy atom. The molecule has 86 heavy (non-hydrogen) atoms. The second-order valence-electron chi connectivity index (χ2n) is 26.4. The number of aliphatic hydroxyl groups excluding tert-OH is 8. The largest absolute Gasteiger partial charge is 0.394 e. The van der Waals surface area contributed by atoms with Gasteiger partial charge in [0.05, 0.1) is 32.0 Å². The number of allylic oxidation sites excluding steroid dienone is 1. The fourth-order valence-electron chi connectivity index (χ4n) is 12.6. The lowest BCUT2D eigenvalue weighted by Gasteiger charge is -2.46. The number of aliphatic hydroxyl groups is 8. The number of carbonyl (C=O) groups excluding carboxylic acids is 1. The third-order valence-electron chi connectivity index (χ3n) is 18.5. The van der Waals surface area contributed by atoms with E-state index in [4.69, 9.17) is 18.9 Å². The molecule has 2 rings (SSSR count). The number of hydrogen-bond donors (Lipinski definition) is 9. The van der Waals surface area contributed by atoms with Gasteiger partial charge >= 0.3 is 0 Å². The Balaban J connectivity index is 1.63. The van der Waals surface area contributed by atoms with Crippen LogP contribution in [0.15, 0.2) is 12.2 Å². The molecular weight excluding hydrogens is 1090 g/mol. The molecule has 2 aliphatic heterocycles. The molecule has 0 aromatic carbocycles. The lowest BCUT2D eigenvalue weighted by molar-refractivity contribution is -0.359. The molecule has 510 valence electrons. The van der Waals surface area contributed by atoms with Crippen LogP contribution < -0.4 is 5.32 Å². The van der Waals surface area contributed by atoms with E-state index in [2.05, 4.69) is 19.2 Å². The fraction of sp³-hybridized carbons (Fsp3) is 0.958. The molecule has 0 aromatic heterocycles. The van der Waals surface area contributed by atoms with E-state index in [1.54, 1.807) is 6.08 Å². The number of unbranched alkanes of at least 4 members (excludes halogenated alkanes) is 49. The van der Waals surface area contributed by atoms with Gasteiger partial charge in [-0.15, -0.1) is 0 Å². The van der Waals surface area contributed by atoms with Crippen LogP contribution in [0.2, 0.25) is 0 Å². The molecule has 14 heteroatoms. The molecule has 12 unspecified atom stereocenters. The third-order valence-corrected chi connectivity index (χ3v) is 18.5. The summed E-state index contributed by atoms with van der Waals surface area (Å²) in [5, 5.41) is 87.5. The summed E-state index contributed by atoms with van der Waals surface area (Å²) in [5.74, 6) is -0.231. The van der Waals surface area contributed by atoms with Gasteiger partial charge < -0.3 is 65.1 Å². The van der Waals surface area contributed by atoms with Crippen LogP contribution in [0.3, 0.4) is 0 Å². The van der Waals surface area contributed by atoms with Gasteiger partial charge in [0, 0.05) is 6.42 Å². The standard InChI is InChI=1S/C72H139NO13/c1-3-5-7-9-11-13-15-17-19-21-23-24-25-26-27-28-29-30-31-32-33-34-35-36-38-39-41-43-45-47-49-51-53-55-61(76)60(73-64(77)56-54-52-50-48-46-44-42-40-37-22-20-18-16-14-12-10-8-6-4-2)59-83-71-69(82)67(80)70(63(58-75)85-71)86-72-68(81)66(79)65(78)62(57-74)84-72/h53,55,60-63,65-72,74-76,78-82H,3-52,54,56-59H2,1-2H3,(H,73,77)/b55-53+. The Hall–Kier alpha value is -1.27. The first-order valence-electron chi connectivity index (χ1n) is 36.9. The van der Waals surface area contributed by atoms with E-state index in [-0.39, 0.29) is 18.9 Å². The van der Waals surface area contributed by atoms with Gasteiger partial charge in [-0.2, -0.15) is 0 Å². The smallest absolute Gasteiger partial charge is 0.220 e. The first-order valence-corrected chi connectivity index (χ1v) is 36.9. The van der Waals surface area contributed by atoms with E-state index < -0.39 is 86.8 Å². The summed E-state index contributed by atoms with van der Waals surface area (Å²) in [6, 6.07) is -0.911. The van der Waals surface area contributed by atoms with E-state index in [9.17, 15) is 45.6 Å². The van der Waals surface area contributed by atoms with Crippen LogP contribution in [-0.2, 0) is 23.7 Å². The molecule has 1 amide bonds. The maximum atomic E-state index is 13.3. The van der Waals surface area contributed by atoms with Crippen LogP contribution >= 0.6 is 0 Å². The van der Waals surface area contributed by atoms with E-state index in [0.717, 1.165) is 38.5 Å². The molecule has 9 N–H and O–H groups in total. The van der Waals surface area contributed by atoms with Crippen molar-refractivity contribution in [3.05, 3.63) is 12.2 Å². The Labute approximate surface area is 526 Å². The van der Waals surface area contributed by atoms with Crippen molar-refractivity contribution in [3.8, 4) is 0 Å². The number of amides is 1. The molecule has 0 aromatic rings. The summed E-state index contributed by atoms with van der Waals surface area (Å²) in [5.41, 5.74) is 0. The Morgan fingerprint density at radius 1 is 0.407 bits per heavy atom. The average Bonchev–Trinajstić information content (AvgIpc) is 2.38. The van der Waals surface area contributed by atoms with Crippen molar-refractivity contribution in [3.63, 3.8) is 0 Å². The maximum absolute atomic E-state index is 13.3. The summed E-state index contributed by atoms with van der Waals surface area (Å²) in [7, 11) is 0. The SMILES string of the molecule is CCCCCCCCCCCCCCCCCCCCCCCCCCCCCCCCC/C=C/C(O)C(COC1OC(CO)C(OC2OC(CO)C(O)C(O)C2O)C(O)C1O)NC(=O)CCCCCCCCCCCCCCCCCCCCC. The summed E-state index contributed by atoms with van der Waals surface area (Å²) in [6.07, 6.45) is 54.3. The second kappa shape index (κ2) is 57.6. The number of hydrogen-bond acceptors (Lipinski definition) is 13. The van der Waals surface area contributed by atoms with Crippen molar-refractivity contribution in [1.82, 2.24) is 5.32 Å². The monoisotopic (exact) mass is 1230 g/mol. The highest BCUT2D eigenvalue weighted by atomic mass is 16.7. The Kier molecular flexibility index (Phi) is 54.1. The fourth-order valence-corrected chi connectivity index (χ4v) is 12.6. The molecule has 2 heterocycles. The zero-order valence-electron chi connectivity index (χ0n) is 55.6. The van der Waals surface area contributed by atoms with Gasteiger partial charge in [-0.1, -0.05) is 334 Å². The highest BCUT2D eigenvalue weighted by molar-refractivity contribution is 5.76. The average molecular weight is 1230 g/mol. The van der Waals surface area contributed by atoms with Crippen LogP contribution in [0, 0.1) is 0 Å². The van der Waals surface area contributed by atoms with Crippen molar-refractivity contribution < 1.29 is 64.6 Å². The molecule has 14 nitrogen and oxygen atoms in total. The van der Waals surface area contributed by atoms with Crippen LogP contribution in [0.5, 0.6) is 0 Å². The van der Waals surface area contributed by atoms with E-state index in [1.807, 2.05) is 6.08 Å². The summed E-state index contributed by atoms with van der Waals surface area (Å²) in [4.78, 5) is 13.3. The van der Waals surface area contributed by atoms with Gasteiger partial charge in [0.15, 0.2) is 12.6 Å². The molecule has 2 aliphatic rings. The van der Waals surface area contributed by atoms with Crippen molar-refractivity contribution in [2.45, 2.75) is 421 Å². The zero-order chi connectivity index (χ0) is 62.3. The van der Waals surface area contributed by atoms with E-state index in [1.165, 1.54) is 283 Å². The van der Waals surface area contributed by atoms with Gasteiger partial charge in [-0.3, -0.25) is 4.79 Å². The number of nitrogens with one attached hydrogen (secondary N) is 1. The molecule has 2 saturated heterocycles. The molecule has 0 saturated carbocycles. The molecule has 0 aliphatic carbocycles. The van der Waals surface area contributed by atoms with Gasteiger partial charge in [-0.25, -0.2) is 0 Å². The van der Waals surface area contributed by atoms with Crippen LogP contribution in [-0.4, -0.2) is 140 Å². The van der Waals surface area contributed by atoms with Crippen molar-refractivity contribution in [2.24, 2.45) is 0 Å². The summed E-state index contributed by atoms with van der Waals surface area (Å²) >= 11 is 0. The van der Waals surface area contributed by atoms with Crippen LogP contribution in [0.4, 0.5) is 0 Å². The normalized spacial score (nSPS) is 23.4. The van der Waals surface area contributed by atoms with E-state index >= 15 is 0 Å². The molecule has 12 atom stereocenters. The second-order valence-corrected chi connectivity index (χ2v) is 26.4. The summed E-state index contributed by atoms with van der Waals surface area (Å²) < 4.78 is 22.9. The molecule has 0 spiro atoms. The van der Waals surface area contributed by atoms with Crippen LogP contribution in [0.25, 0.3) is 0 Å². The number of carbonyl (C=O) groups is 1. The zero-order valence-corrected chi connectivity index (χ0v) is 55.6. The molecule has 2 fully saturated rings. The third kappa shape index (κ3) is 41.3. The highest BCUT2D eigenvalue weighted by Gasteiger charge is 2.51. The van der Waals surface area contributed by atoms with Crippen molar-refractivity contribution in [2.75, 3.05) is 19.8 Å². The lowest BCUT2D eigenvalue weighted by atomic mass is 9.97. The van der Waals surface area contributed by atoms with Crippen molar-refractivity contribution in [1.29, 1.82) is 0 Å². The lowest BCUT2D eigenvalue weighted by Crippen LogP contribution is -2.65. The minimum atomic E-state index is -1.79. The highest BCUT2D eigenvalue weighted by Crippen LogP contribution is 2.30. The quantitative estimate of drug-likeness (QED) is 0.0204. The first-order chi connectivity index (χ1) is 42.1. The van der Waals surface area contributed by atoms with Gasteiger partial charge in [0.25, 0.3) is 0 Å². The molecule has 0 bridgehead atoms. The maximum Gasteiger partial charge on any atom is 0.220 e. The predicted octanol–water partition coefficient (Wildman–Crippen LogP) is 15.4. The van der Waals surface area contributed by atoms with Gasteiger partial charge in [0.2, 0.25) is 5.91 Å². The van der Waals surface area contributed by atoms with Crippen LogP contribution in [0.1, 0.15) is 348 Å². The molecule has 0 radical (unpaired) electrons. The minimum absolute atomic E-state index is 0.231. The minimum Gasteiger partial charge on any atom is -0.394 e. The topological polar surface area (TPSA) is 228 Å². The predicted molar refractivity (Wildman–Crippen MR) is 351 cm³/mol. The number of rotatable bonds is 62. The number of ether oxygens (including phenoxy) is 4. The molecular formula is C72H139NO13. The Morgan fingerprint density at radius 2 is 0.721 bits per heavy atom. The van der Waals surface area contributed by atoms with Crippen molar-refractivity contribution >= 4 is 5.91 Å². The summed E-state index contributed by atoms with van der Waals surface area (Å²) in [6.45, 7) is 2.86. The van der Waals surface area contributed by atoms with E-state index in [0.29, 0.717) is 6.42 Å².